The zero-order chi connectivity index (χ0) is 14.6. The number of rotatable bonds is 11. The lowest BCUT2D eigenvalue weighted by Crippen LogP contribution is -2.34. The quantitative estimate of drug-likeness (QED) is 0.451. The lowest BCUT2D eigenvalue weighted by molar-refractivity contribution is -0.0280. The van der Waals surface area contributed by atoms with Gasteiger partial charge >= 0.3 is 0 Å². The summed E-state index contributed by atoms with van der Waals surface area (Å²) in [5.41, 5.74) is 0. The molecule has 0 aromatic carbocycles. The van der Waals surface area contributed by atoms with Crippen LogP contribution in [0, 0.1) is 5.92 Å². The Kier molecular flexibility index (Phi) is 9.93. The minimum atomic E-state index is -0.428. The molecule has 0 heterocycles. The summed E-state index contributed by atoms with van der Waals surface area (Å²) < 4.78 is 11.1. The molecule has 0 aromatic heterocycles. The molecule has 0 amide bonds. The molecule has 0 saturated heterocycles. The summed E-state index contributed by atoms with van der Waals surface area (Å²) >= 11 is 0. The van der Waals surface area contributed by atoms with Crippen molar-refractivity contribution in [3.05, 3.63) is 12.7 Å². The first-order valence-corrected chi connectivity index (χ1v) is 7.91. The van der Waals surface area contributed by atoms with Crippen LogP contribution in [0.25, 0.3) is 0 Å². The second-order valence-electron chi connectivity index (χ2n) is 5.76. The molecule has 1 aliphatic rings. The fourth-order valence-corrected chi connectivity index (χ4v) is 2.38. The number of aliphatic hydroxyl groups excluding tert-OH is 1. The molecule has 0 spiro atoms. The first-order valence-electron chi connectivity index (χ1n) is 7.91. The summed E-state index contributed by atoms with van der Waals surface area (Å²) in [5.74, 6) is 0.836. The van der Waals surface area contributed by atoms with E-state index in [-0.39, 0.29) is 0 Å². The Hall–Kier alpha value is -0.420. The molecule has 0 radical (unpaired) electrons. The zero-order valence-electron chi connectivity index (χ0n) is 12.9. The van der Waals surface area contributed by atoms with Gasteiger partial charge in [-0.05, 0) is 38.0 Å². The van der Waals surface area contributed by atoms with Gasteiger partial charge < -0.3 is 19.9 Å². The number of ether oxygens (including phenoxy) is 2. The maximum atomic E-state index is 9.83. The smallest absolute Gasteiger partial charge is 0.0897 e. The van der Waals surface area contributed by atoms with Crippen LogP contribution >= 0.6 is 0 Å². The van der Waals surface area contributed by atoms with Crippen LogP contribution in [-0.4, -0.2) is 50.2 Å². The third kappa shape index (κ3) is 8.69. The van der Waals surface area contributed by atoms with Gasteiger partial charge in [0.25, 0.3) is 0 Å². The molecule has 1 atom stereocenters. The Morgan fingerprint density at radius 2 is 2.05 bits per heavy atom. The highest BCUT2D eigenvalue weighted by Crippen LogP contribution is 2.25. The van der Waals surface area contributed by atoms with Crippen molar-refractivity contribution in [3.63, 3.8) is 0 Å². The van der Waals surface area contributed by atoms with Gasteiger partial charge in [-0.25, -0.2) is 0 Å². The maximum absolute atomic E-state index is 9.83. The number of hydrogen-bond donors (Lipinski definition) is 2. The van der Waals surface area contributed by atoms with E-state index in [0.29, 0.717) is 25.9 Å². The van der Waals surface area contributed by atoms with Crippen molar-refractivity contribution in [2.45, 2.75) is 51.2 Å². The predicted octanol–water partition coefficient (Wildman–Crippen LogP) is 2.12. The van der Waals surface area contributed by atoms with Gasteiger partial charge in [0.15, 0.2) is 0 Å². The molecule has 0 aliphatic heterocycles. The molecular formula is C16H31NO3. The summed E-state index contributed by atoms with van der Waals surface area (Å²) in [6.07, 6.45) is 7.43. The number of aliphatic hydroxyl groups is 1. The molecule has 0 aromatic rings. The van der Waals surface area contributed by atoms with E-state index in [1.807, 2.05) is 6.08 Å². The van der Waals surface area contributed by atoms with Crippen LogP contribution < -0.4 is 5.32 Å². The van der Waals surface area contributed by atoms with Gasteiger partial charge in [0, 0.05) is 13.1 Å². The van der Waals surface area contributed by atoms with Crippen LogP contribution in [-0.2, 0) is 9.47 Å². The van der Waals surface area contributed by atoms with Crippen LogP contribution in [0.1, 0.15) is 39.0 Å². The van der Waals surface area contributed by atoms with Gasteiger partial charge in [0.05, 0.1) is 32.0 Å². The largest absolute Gasteiger partial charge is 0.389 e. The summed E-state index contributed by atoms with van der Waals surface area (Å²) in [7, 11) is 0. The van der Waals surface area contributed by atoms with Crippen LogP contribution in [0.2, 0.25) is 0 Å². The topological polar surface area (TPSA) is 50.7 Å². The molecule has 1 saturated carbocycles. The highest BCUT2D eigenvalue weighted by molar-refractivity contribution is 4.71. The van der Waals surface area contributed by atoms with Crippen LogP contribution in [0.4, 0.5) is 0 Å². The Balaban J connectivity index is 1.90. The fourth-order valence-electron chi connectivity index (χ4n) is 2.38. The maximum Gasteiger partial charge on any atom is 0.0897 e. The monoisotopic (exact) mass is 285 g/mol. The molecule has 1 rings (SSSR count). The standard InChI is InChI=1S/C16H31NO3/c1-3-4-10-19-11-9-17-12-15(18)13-20-16-7-5-14(2)6-8-16/h3,14-18H,1,4-13H2,2H3. The summed E-state index contributed by atoms with van der Waals surface area (Å²) in [5, 5.41) is 13.0. The van der Waals surface area contributed by atoms with Gasteiger partial charge in [0.1, 0.15) is 0 Å². The van der Waals surface area contributed by atoms with E-state index in [1.54, 1.807) is 0 Å². The second-order valence-corrected chi connectivity index (χ2v) is 5.76. The molecule has 1 aliphatic carbocycles. The number of nitrogens with one attached hydrogen (secondary N) is 1. The van der Waals surface area contributed by atoms with Crippen molar-refractivity contribution in [1.29, 1.82) is 0 Å². The molecular weight excluding hydrogens is 254 g/mol. The summed E-state index contributed by atoms with van der Waals surface area (Å²) in [6, 6.07) is 0. The van der Waals surface area contributed by atoms with E-state index in [4.69, 9.17) is 9.47 Å². The van der Waals surface area contributed by atoms with E-state index >= 15 is 0 Å². The molecule has 1 unspecified atom stereocenters. The molecule has 4 heteroatoms. The van der Waals surface area contributed by atoms with Gasteiger partial charge in [-0.3, -0.25) is 0 Å². The first kappa shape index (κ1) is 17.6. The predicted molar refractivity (Wildman–Crippen MR) is 81.9 cm³/mol. The van der Waals surface area contributed by atoms with E-state index < -0.39 is 6.10 Å². The number of hydrogen-bond acceptors (Lipinski definition) is 4. The van der Waals surface area contributed by atoms with Crippen LogP contribution in [0.15, 0.2) is 12.7 Å². The lowest BCUT2D eigenvalue weighted by atomic mass is 9.89. The van der Waals surface area contributed by atoms with Gasteiger partial charge in [-0.1, -0.05) is 13.0 Å². The SMILES string of the molecule is C=CCCOCCNCC(O)COC1CCC(C)CC1. The highest BCUT2D eigenvalue weighted by Gasteiger charge is 2.19. The second kappa shape index (κ2) is 11.3. The van der Waals surface area contributed by atoms with Gasteiger partial charge in [-0.15, -0.1) is 6.58 Å². The highest BCUT2D eigenvalue weighted by atomic mass is 16.5. The van der Waals surface area contributed by atoms with Crippen molar-refractivity contribution in [2.24, 2.45) is 5.92 Å². The lowest BCUT2D eigenvalue weighted by Gasteiger charge is -2.27. The van der Waals surface area contributed by atoms with Crippen molar-refractivity contribution < 1.29 is 14.6 Å². The molecule has 1 fully saturated rings. The van der Waals surface area contributed by atoms with Crippen LogP contribution in [0.3, 0.4) is 0 Å². The Labute approximate surface area is 123 Å². The van der Waals surface area contributed by atoms with E-state index in [2.05, 4.69) is 18.8 Å². The third-order valence-corrected chi connectivity index (χ3v) is 3.76. The summed E-state index contributed by atoms with van der Waals surface area (Å²) in [6.45, 7) is 9.08. The van der Waals surface area contributed by atoms with Gasteiger partial charge in [-0.2, -0.15) is 0 Å². The van der Waals surface area contributed by atoms with Crippen molar-refractivity contribution in [2.75, 3.05) is 32.9 Å². The van der Waals surface area contributed by atoms with Gasteiger partial charge in [0.2, 0.25) is 0 Å². The molecule has 20 heavy (non-hydrogen) atoms. The third-order valence-electron chi connectivity index (χ3n) is 3.76. The Bertz CT molecular complexity index is 240. The van der Waals surface area contributed by atoms with E-state index in [9.17, 15) is 5.11 Å². The first-order chi connectivity index (χ1) is 9.72. The average Bonchev–Trinajstić information content (AvgIpc) is 2.46. The zero-order valence-corrected chi connectivity index (χ0v) is 12.9. The fraction of sp³-hybridized carbons (Fsp3) is 0.875. The van der Waals surface area contributed by atoms with Crippen molar-refractivity contribution >= 4 is 0 Å². The molecule has 0 bridgehead atoms. The minimum Gasteiger partial charge on any atom is -0.389 e. The Morgan fingerprint density at radius 1 is 1.30 bits per heavy atom. The average molecular weight is 285 g/mol. The molecule has 2 N–H and O–H groups in total. The summed E-state index contributed by atoms with van der Waals surface area (Å²) in [4.78, 5) is 0. The van der Waals surface area contributed by atoms with Crippen LogP contribution in [0.5, 0.6) is 0 Å². The molecule has 4 nitrogen and oxygen atoms in total. The minimum absolute atomic E-state index is 0.350. The van der Waals surface area contributed by atoms with E-state index in [0.717, 1.165) is 38.3 Å². The Morgan fingerprint density at radius 3 is 2.75 bits per heavy atom. The van der Waals surface area contributed by atoms with Crippen molar-refractivity contribution in [1.82, 2.24) is 5.32 Å². The normalized spacial score (nSPS) is 24.5. The van der Waals surface area contributed by atoms with Crippen molar-refractivity contribution in [3.8, 4) is 0 Å². The molecule has 118 valence electrons. The van der Waals surface area contributed by atoms with E-state index in [1.165, 1.54) is 12.8 Å².